The summed E-state index contributed by atoms with van der Waals surface area (Å²) in [5.41, 5.74) is 3.72. The number of para-hydroxylation sites is 1. The topological polar surface area (TPSA) is 65.1 Å². The van der Waals surface area contributed by atoms with Gasteiger partial charge in [-0.15, -0.1) is 0 Å². The molecular weight excluding hydrogens is 288 g/mol. The van der Waals surface area contributed by atoms with Gasteiger partial charge >= 0.3 is 0 Å². The van der Waals surface area contributed by atoms with Crippen LogP contribution in [0.4, 0.5) is 0 Å². The first-order valence-electron chi connectivity index (χ1n) is 7.11. The zero-order chi connectivity index (χ0) is 15.1. The molecule has 1 aromatic carbocycles. The SMILES string of the molecule is CCCn1ncc(Cl)c1C(CCOc1ccccc1)NN. The minimum Gasteiger partial charge on any atom is -0.494 e. The van der Waals surface area contributed by atoms with Gasteiger partial charge in [0.15, 0.2) is 0 Å². The highest BCUT2D eigenvalue weighted by molar-refractivity contribution is 6.31. The van der Waals surface area contributed by atoms with E-state index in [1.807, 2.05) is 35.0 Å². The van der Waals surface area contributed by atoms with Crippen LogP contribution in [0.15, 0.2) is 36.5 Å². The van der Waals surface area contributed by atoms with Crippen molar-refractivity contribution in [2.45, 2.75) is 32.4 Å². The van der Waals surface area contributed by atoms with Crippen molar-refractivity contribution >= 4 is 11.6 Å². The van der Waals surface area contributed by atoms with Crippen molar-refractivity contribution in [3.63, 3.8) is 0 Å². The van der Waals surface area contributed by atoms with E-state index in [9.17, 15) is 0 Å². The molecule has 114 valence electrons. The molecule has 0 spiro atoms. The van der Waals surface area contributed by atoms with Crippen molar-refractivity contribution in [3.8, 4) is 5.75 Å². The molecule has 0 saturated heterocycles. The van der Waals surface area contributed by atoms with Gasteiger partial charge in [-0.3, -0.25) is 16.0 Å². The van der Waals surface area contributed by atoms with Gasteiger partial charge in [0.1, 0.15) is 5.75 Å². The largest absolute Gasteiger partial charge is 0.494 e. The van der Waals surface area contributed by atoms with E-state index in [1.165, 1.54) is 0 Å². The molecule has 0 aliphatic carbocycles. The highest BCUT2D eigenvalue weighted by Gasteiger charge is 2.19. The number of ether oxygens (including phenoxy) is 1. The van der Waals surface area contributed by atoms with Gasteiger partial charge in [0.25, 0.3) is 0 Å². The van der Waals surface area contributed by atoms with Crippen LogP contribution in [-0.4, -0.2) is 16.4 Å². The Bertz CT molecular complexity index is 544. The lowest BCUT2D eigenvalue weighted by Crippen LogP contribution is -2.31. The molecule has 2 aromatic rings. The molecule has 1 heterocycles. The van der Waals surface area contributed by atoms with E-state index in [0.717, 1.165) is 24.4 Å². The zero-order valence-corrected chi connectivity index (χ0v) is 12.9. The van der Waals surface area contributed by atoms with Gasteiger partial charge in [0.2, 0.25) is 0 Å². The second-order valence-corrected chi connectivity index (χ2v) is 5.18. The Labute approximate surface area is 130 Å². The standard InChI is InChI=1S/C15H21ClN4O/c1-2-9-20-15(13(16)11-18-20)14(19-17)8-10-21-12-6-4-3-5-7-12/h3-7,11,14,19H,2,8-10,17H2,1H3. The van der Waals surface area contributed by atoms with E-state index in [-0.39, 0.29) is 6.04 Å². The van der Waals surface area contributed by atoms with Crippen molar-refractivity contribution in [2.75, 3.05) is 6.61 Å². The number of hydrogen-bond donors (Lipinski definition) is 2. The summed E-state index contributed by atoms with van der Waals surface area (Å²) in [7, 11) is 0. The molecule has 0 aliphatic rings. The number of hydrazine groups is 1. The Morgan fingerprint density at radius 2 is 2.14 bits per heavy atom. The number of nitrogens with two attached hydrogens (primary N) is 1. The minimum atomic E-state index is -0.0877. The van der Waals surface area contributed by atoms with Crippen molar-refractivity contribution in [1.29, 1.82) is 0 Å². The van der Waals surface area contributed by atoms with E-state index < -0.39 is 0 Å². The Morgan fingerprint density at radius 3 is 2.81 bits per heavy atom. The first-order valence-corrected chi connectivity index (χ1v) is 7.49. The first kappa shape index (κ1) is 15.8. The number of nitrogens with one attached hydrogen (secondary N) is 1. The Kier molecular flexibility index (Phi) is 6.04. The monoisotopic (exact) mass is 308 g/mol. The molecule has 0 fully saturated rings. The van der Waals surface area contributed by atoms with Crippen molar-refractivity contribution < 1.29 is 4.74 Å². The third-order valence-corrected chi connectivity index (χ3v) is 3.51. The van der Waals surface area contributed by atoms with Crippen LogP contribution in [-0.2, 0) is 6.54 Å². The predicted molar refractivity (Wildman–Crippen MR) is 84.1 cm³/mol. The van der Waals surface area contributed by atoms with Gasteiger partial charge in [-0.2, -0.15) is 5.10 Å². The summed E-state index contributed by atoms with van der Waals surface area (Å²) in [4.78, 5) is 0. The van der Waals surface area contributed by atoms with Crippen LogP contribution in [0.25, 0.3) is 0 Å². The highest BCUT2D eigenvalue weighted by Crippen LogP contribution is 2.25. The lowest BCUT2D eigenvalue weighted by Gasteiger charge is -2.18. The van der Waals surface area contributed by atoms with Gasteiger partial charge in [-0.05, 0) is 18.6 Å². The average Bonchev–Trinajstić information content (AvgIpc) is 2.86. The maximum atomic E-state index is 6.23. The number of aryl methyl sites for hydroxylation is 1. The second kappa shape index (κ2) is 8.02. The van der Waals surface area contributed by atoms with Gasteiger partial charge in [-0.1, -0.05) is 36.7 Å². The number of rotatable bonds is 8. The molecule has 3 N–H and O–H groups in total. The summed E-state index contributed by atoms with van der Waals surface area (Å²) in [6.07, 6.45) is 3.36. The van der Waals surface area contributed by atoms with E-state index >= 15 is 0 Å². The summed E-state index contributed by atoms with van der Waals surface area (Å²) < 4.78 is 7.61. The molecule has 0 aliphatic heterocycles. The fourth-order valence-corrected chi connectivity index (χ4v) is 2.49. The van der Waals surface area contributed by atoms with Gasteiger partial charge in [0, 0.05) is 13.0 Å². The first-order chi connectivity index (χ1) is 10.3. The van der Waals surface area contributed by atoms with Crippen molar-refractivity contribution in [2.24, 2.45) is 5.84 Å². The lowest BCUT2D eigenvalue weighted by molar-refractivity contribution is 0.282. The molecule has 2 rings (SSSR count). The third kappa shape index (κ3) is 4.20. The number of benzene rings is 1. The van der Waals surface area contributed by atoms with Crippen molar-refractivity contribution in [1.82, 2.24) is 15.2 Å². The van der Waals surface area contributed by atoms with E-state index in [0.29, 0.717) is 18.1 Å². The molecule has 1 aromatic heterocycles. The van der Waals surface area contributed by atoms with Gasteiger partial charge in [-0.25, -0.2) is 0 Å². The number of hydrogen-bond acceptors (Lipinski definition) is 4. The van der Waals surface area contributed by atoms with E-state index in [4.69, 9.17) is 22.2 Å². The van der Waals surface area contributed by atoms with Crippen LogP contribution in [0.1, 0.15) is 31.5 Å². The quantitative estimate of drug-likeness (QED) is 0.581. The molecule has 1 atom stereocenters. The molecule has 0 amide bonds. The zero-order valence-electron chi connectivity index (χ0n) is 12.1. The molecule has 1 unspecified atom stereocenters. The van der Waals surface area contributed by atoms with Gasteiger partial charge in [0.05, 0.1) is 29.6 Å². The van der Waals surface area contributed by atoms with Crippen LogP contribution in [0, 0.1) is 0 Å². The number of halogens is 1. The molecule has 0 saturated carbocycles. The summed E-state index contributed by atoms with van der Waals surface area (Å²) in [5, 5.41) is 4.92. The smallest absolute Gasteiger partial charge is 0.119 e. The second-order valence-electron chi connectivity index (χ2n) is 4.77. The van der Waals surface area contributed by atoms with Crippen molar-refractivity contribution in [3.05, 3.63) is 47.2 Å². The maximum absolute atomic E-state index is 6.23. The summed E-state index contributed by atoms with van der Waals surface area (Å²) in [6.45, 7) is 3.47. The minimum absolute atomic E-state index is 0.0877. The van der Waals surface area contributed by atoms with Crippen LogP contribution >= 0.6 is 11.6 Å². The van der Waals surface area contributed by atoms with Crippen LogP contribution < -0.4 is 16.0 Å². The van der Waals surface area contributed by atoms with Crippen LogP contribution in [0.2, 0.25) is 5.02 Å². The Hall–Kier alpha value is -1.56. The normalized spacial score (nSPS) is 12.3. The molecule has 0 radical (unpaired) electrons. The number of aromatic nitrogens is 2. The predicted octanol–water partition coefficient (Wildman–Crippen LogP) is 2.92. The van der Waals surface area contributed by atoms with Gasteiger partial charge < -0.3 is 4.74 Å². The van der Waals surface area contributed by atoms with Crippen LogP contribution in [0.3, 0.4) is 0 Å². The Morgan fingerprint density at radius 1 is 1.38 bits per heavy atom. The third-order valence-electron chi connectivity index (χ3n) is 3.22. The Balaban J connectivity index is 1.98. The summed E-state index contributed by atoms with van der Waals surface area (Å²) >= 11 is 6.23. The lowest BCUT2D eigenvalue weighted by atomic mass is 10.1. The van der Waals surface area contributed by atoms with E-state index in [2.05, 4.69) is 17.4 Å². The maximum Gasteiger partial charge on any atom is 0.119 e. The molecular formula is C15H21ClN4O. The van der Waals surface area contributed by atoms with E-state index in [1.54, 1.807) is 6.20 Å². The summed E-state index contributed by atoms with van der Waals surface area (Å²) in [5.74, 6) is 6.52. The fraction of sp³-hybridized carbons (Fsp3) is 0.400. The molecule has 21 heavy (non-hydrogen) atoms. The highest BCUT2D eigenvalue weighted by atomic mass is 35.5. The summed E-state index contributed by atoms with van der Waals surface area (Å²) in [6, 6.07) is 9.62. The average molecular weight is 309 g/mol. The number of nitrogens with zero attached hydrogens (tertiary/aromatic N) is 2. The fourth-order valence-electron chi connectivity index (χ4n) is 2.22. The molecule has 0 bridgehead atoms. The molecule has 6 heteroatoms. The van der Waals surface area contributed by atoms with Crippen LogP contribution in [0.5, 0.6) is 5.75 Å². The molecule has 5 nitrogen and oxygen atoms in total.